The Labute approximate surface area is 214 Å². The third kappa shape index (κ3) is 4.17. The zero-order chi connectivity index (χ0) is 27.5. The maximum atomic E-state index is 16.1. The van der Waals surface area contributed by atoms with Crippen LogP contribution in [-0.4, -0.2) is 29.9 Å². The minimum atomic E-state index is -8.07. The van der Waals surface area contributed by atoms with Crippen molar-refractivity contribution in [1.82, 2.24) is 0 Å². The second-order valence-corrected chi connectivity index (χ2v) is 9.31. The average molecular weight is 756 g/mol. The molecule has 1 unspecified atom stereocenters. The fourth-order valence-electron chi connectivity index (χ4n) is 2.97. The molecular formula is C19H8F14I2. The van der Waals surface area contributed by atoms with E-state index in [2.05, 4.69) is 0 Å². The third-order valence-electron chi connectivity index (χ3n) is 4.86. The minimum absolute atomic E-state index is 0.0650. The molecule has 2 aromatic carbocycles. The monoisotopic (exact) mass is 756 g/mol. The molecule has 0 spiro atoms. The van der Waals surface area contributed by atoms with Crippen LogP contribution < -0.4 is 0 Å². The van der Waals surface area contributed by atoms with E-state index in [1.807, 2.05) is 0 Å². The molecule has 35 heavy (non-hydrogen) atoms. The fraction of sp³-hybridized carbons (Fsp3) is 0.368. The summed E-state index contributed by atoms with van der Waals surface area (Å²) in [7, 11) is 0. The van der Waals surface area contributed by atoms with Gasteiger partial charge in [-0.05, 0) is 57.3 Å². The van der Waals surface area contributed by atoms with Crippen LogP contribution in [0.1, 0.15) is 11.1 Å². The molecule has 0 bridgehead atoms. The number of benzene rings is 2. The Hall–Kier alpha value is -1.08. The summed E-state index contributed by atoms with van der Waals surface area (Å²) in [5.74, 6) is -37.4. The second-order valence-electron chi connectivity index (χ2n) is 6.99. The predicted molar refractivity (Wildman–Crippen MR) is 111 cm³/mol. The van der Waals surface area contributed by atoms with Crippen molar-refractivity contribution in [3.8, 4) is 0 Å². The van der Waals surface area contributed by atoms with Crippen molar-refractivity contribution in [3.05, 3.63) is 66.8 Å². The molecule has 0 heterocycles. The van der Waals surface area contributed by atoms with E-state index in [1.54, 1.807) is 0 Å². The highest BCUT2D eigenvalue weighted by molar-refractivity contribution is 14.1. The second kappa shape index (κ2) is 9.04. The first-order chi connectivity index (χ1) is 15.5. The number of halogens is 16. The zero-order valence-electron chi connectivity index (χ0n) is 16.2. The topological polar surface area (TPSA) is 0 Å². The van der Waals surface area contributed by atoms with Gasteiger partial charge in [-0.15, -0.1) is 0 Å². The van der Waals surface area contributed by atoms with E-state index in [0.717, 1.165) is 63.4 Å². The van der Waals surface area contributed by atoms with Crippen molar-refractivity contribution in [1.29, 1.82) is 0 Å². The average Bonchev–Trinajstić information content (AvgIpc) is 2.72. The summed E-state index contributed by atoms with van der Waals surface area (Å²) in [5, 5.41) is 0. The van der Waals surface area contributed by atoms with Crippen molar-refractivity contribution in [2.75, 3.05) is 0 Å². The minimum Gasteiger partial charge on any atom is -0.224 e. The molecule has 0 aliphatic carbocycles. The molecule has 1 atom stereocenters. The molecule has 0 N–H and O–H groups in total. The van der Waals surface area contributed by atoms with Crippen LogP contribution in [0.15, 0.2) is 48.5 Å². The molecule has 0 radical (unpaired) electrons. The van der Waals surface area contributed by atoms with Crippen LogP contribution in [0, 0.1) is 7.14 Å². The molecule has 0 amide bonds. The Morgan fingerprint density at radius 2 is 0.771 bits per heavy atom. The van der Waals surface area contributed by atoms with Gasteiger partial charge in [0.1, 0.15) is 0 Å². The number of rotatable bonds is 7. The SMILES string of the molecule is FC(F)(F)C(F)(F)C(F)(F)C(F)(F)C(F)(F)C(F)(c1ccccc1I)C(F)(F)c1ccccc1I. The molecule has 16 heteroatoms. The standard InChI is InChI=1S/C19H8F14I2/c20-13(9-5-1-3-7-11(9)34,14(21,22)10-6-2-4-8-12(10)35)15(23,24)16(25,26)17(27,28)18(29,30)19(31,32)33/h1-8H. The molecule has 0 aliphatic heterocycles. The summed E-state index contributed by atoms with van der Waals surface area (Å²) < 4.78 is 196. The van der Waals surface area contributed by atoms with Crippen LogP contribution in [0.4, 0.5) is 61.5 Å². The van der Waals surface area contributed by atoms with Gasteiger partial charge in [0.2, 0.25) is 0 Å². The molecule has 196 valence electrons. The first-order valence-corrected chi connectivity index (χ1v) is 10.8. The Kier molecular flexibility index (Phi) is 7.78. The molecule has 0 aromatic heterocycles. The third-order valence-corrected chi connectivity index (χ3v) is 6.74. The Morgan fingerprint density at radius 3 is 1.14 bits per heavy atom. The van der Waals surface area contributed by atoms with Gasteiger partial charge in [0.25, 0.3) is 5.67 Å². The lowest BCUT2D eigenvalue weighted by Crippen LogP contribution is -2.72. The summed E-state index contributed by atoms with van der Waals surface area (Å²) in [6.07, 6.45) is -7.53. The summed E-state index contributed by atoms with van der Waals surface area (Å²) in [5.41, 5.74) is -10.1. The van der Waals surface area contributed by atoms with Crippen LogP contribution in [0.2, 0.25) is 0 Å². The van der Waals surface area contributed by atoms with Crippen LogP contribution in [0.5, 0.6) is 0 Å². The van der Waals surface area contributed by atoms with E-state index in [-0.39, 0.29) is 12.1 Å². The van der Waals surface area contributed by atoms with Gasteiger partial charge in [-0.1, -0.05) is 36.4 Å². The fourth-order valence-corrected chi connectivity index (χ4v) is 4.45. The summed E-state index contributed by atoms with van der Waals surface area (Å²) in [6.45, 7) is 0. The molecular weight excluding hydrogens is 748 g/mol. The highest BCUT2D eigenvalue weighted by atomic mass is 127. The van der Waals surface area contributed by atoms with Crippen LogP contribution in [-0.2, 0) is 11.6 Å². The van der Waals surface area contributed by atoms with E-state index in [9.17, 15) is 39.5 Å². The summed E-state index contributed by atoms with van der Waals surface area (Å²) >= 11 is 1.95. The predicted octanol–water partition coefficient (Wildman–Crippen LogP) is 8.96. The van der Waals surface area contributed by atoms with Crippen LogP contribution in [0.25, 0.3) is 0 Å². The van der Waals surface area contributed by atoms with E-state index in [1.165, 1.54) is 0 Å². The Balaban J connectivity index is 3.00. The van der Waals surface area contributed by atoms with Gasteiger partial charge >= 0.3 is 35.8 Å². The number of hydrogen-bond donors (Lipinski definition) is 0. The van der Waals surface area contributed by atoms with Gasteiger partial charge in [-0.2, -0.15) is 57.1 Å². The lowest BCUT2D eigenvalue weighted by molar-refractivity contribution is -0.443. The van der Waals surface area contributed by atoms with Crippen molar-refractivity contribution in [2.24, 2.45) is 0 Å². The normalized spacial score (nSPS) is 16.2. The number of hydrogen-bond acceptors (Lipinski definition) is 0. The summed E-state index contributed by atoms with van der Waals surface area (Å²) in [4.78, 5) is 0. The van der Waals surface area contributed by atoms with Crippen molar-refractivity contribution >= 4 is 45.2 Å². The van der Waals surface area contributed by atoms with E-state index in [0.29, 0.717) is 18.2 Å². The van der Waals surface area contributed by atoms with Crippen LogP contribution >= 0.6 is 45.2 Å². The first kappa shape index (κ1) is 30.1. The first-order valence-electron chi connectivity index (χ1n) is 8.68. The molecule has 0 fully saturated rings. The molecule has 0 nitrogen and oxygen atoms in total. The van der Waals surface area contributed by atoms with Crippen molar-refractivity contribution in [2.45, 2.75) is 41.5 Å². The summed E-state index contributed by atoms with van der Waals surface area (Å²) in [6, 6.07) is 4.93. The van der Waals surface area contributed by atoms with Crippen LogP contribution in [0.3, 0.4) is 0 Å². The maximum Gasteiger partial charge on any atom is 0.460 e. The molecule has 0 saturated carbocycles. The van der Waals surface area contributed by atoms with E-state index in [4.69, 9.17) is 0 Å². The van der Waals surface area contributed by atoms with E-state index >= 15 is 22.0 Å². The highest BCUT2D eigenvalue weighted by Crippen LogP contribution is 2.66. The van der Waals surface area contributed by atoms with Gasteiger partial charge in [-0.3, -0.25) is 0 Å². The number of alkyl halides is 14. The van der Waals surface area contributed by atoms with Gasteiger partial charge in [-0.25, -0.2) is 4.39 Å². The molecule has 0 aliphatic rings. The maximum absolute atomic E-state index is 16.1. The van der Waals surface area contributed by atoms with Gasteiger partial charge in [0.15, 0.2) is 0 Å². The van der Waals surface area contributed by atoms with Crippen molar-refractivity contribution in [3.63, 3.8) is 0 Å². The zero-order valence-corrected chi connectivity index (χ0v) is 20.5. The Bertz CT molecular complexity index is 1080. The van der Waals surface area contributed by atoms with Gasteiger partial charge in [0.05, 0.1) is 0 Å². The van der Waals surface area contributed by atoms with Crippen molar-refractivity contribution < 1.29 is 61.5 Å². The van der Waals surface area contributed by atoms with E-state index < -0.39 is 59.7 Å². The molecule has 0 saturated heterocycles. The molecule has 2 aromatic rings. The smallest absolute Gasteiger partial charge is 0.224 e. The Morgan fingerprint density at radius 1 is 0.429 bits per heavy atom. The quantitative estimate of drug-likeness (QED) is 0.196. The van der Waals surface area contributed by atoms with Gasteiger partial charge < -0.3 is 0 Å². The van der Waals surface area contributed by atoms with Gasteiger partial charge in [0, 0.05) is 18.3 Å². The highest BCUT2D eigenvalue weighted by Gasteiger charge is 2.92. The largest absolute Gasteiger partial charge is 0.460 e. The lowest BCUT2D eigenvalue weighted by Gasteiger charge is -2.45. The lowest BCUT2D eigenvalue weighted by atomic mass is 9.76. The molecule has 2 rings (SSSR count).